The van der Waals surface area contributed by atoms with Crippen LogP contribution in [0, 0.1) is 11.8 Å². The molecule has 6 nitrogen and oxygen atoms in total. The highest BCUT2D eigenvalue weighted by Gasteiger charge is 2.54. The van der Waals surface area contributed by atoms with E-state index in [4.69, 9.17) is 0 Å². The van der Waals surface area contributed by atoms with Gasteiger partial charge in [-0.3, -0.25) is 9.89 Å². The summed E-state index contributed by atoms with van der Waals surface area (Å²) in [6, 6.07) is 9.94. The fourth-order valence-electron chi connectivity index (χ4n) is 6.95. The number of carbonyl (C=O) groups is 1. The molecule has 0 bridgehead atoms. The van der Waals surface area contributed by atoms with E-state index in [-0.39, 0.29) is 11.3 Å². The van der Waals surface area contributed by atoms with Crippen molar-refractivity contribution in [3.8, 4) is 5.75 Å². The number of H-pyrrole nitrogens is 1. The molecule has 6 heteroatoms. The van der Waals surface area contributed by atoms with Gasteiger partial charge in [-0.1, -0.05) is 13.0 Å². The molecule has 0 saturated heterocycles. The van der Waals surface area contributed by atoms with Crippen molar-refractivity contribution < 1.29 is 9.90 Å². The minimum Gasteiger partial charge on any atom is -0.508 e. The van der Waals surface area contributed by atoms with Gasteiger partial charge in [0.05, 0.1) is 6.54 Å². The molecular formula is C26H30N4O2. The molecule has 1 saturated carbocycles. The first-order valence-electron chi connectivity index (χ1n) is 11.7. The number of amides is 1. The number of nitrogens with one attached hydrogen (secondary N) is 2. The van der Waals surface area contributed by atoms with Crippen LogP contribution in [0.15, 0.2) is 36.5 Å². The second kappa shape index (κ2) is 6.99. The zero-order valence-electron chi connectivity index (χ0n) is 18.7. The summed E-state index contributed by atoms with van der Waals surface area (Å²) in [6.45, 7) is 2.87. The molecule has 2 aromatic heterocycles. The molecule has 6 rings (SSSR count). The van der Waals surface area contributed by atoms with E-state index in [1.807, 2.05) is 42.1 Å². The van der Waals surface area contributed by atoms with Gasteiger partial charge in [-0.2, -0.15) is 5.10 Å². The summed E-state index contributed by atoms with van der Waals surface area (Å²) in [7, 11) is 1.99. The molecule has 0 radical (unpaired) electrons. The molecule has 2 heterocycles. The Kier molecular flexibility index (Phi) is 4.29. The Hall–Kier alpha value is -3.02. The average molecular weight is 431 g/mol. The topological polar surface area (TPSA) is 82.9 Å². The predicted octanol–water partition coefficient (Wildman–Crippen LogP) is 3.95. The summed E-state index contributed by atoms with van der Waals surface area (Å²) >= 11 is 0. The highest BCUT2D eigenvalue weighted by Crippen LogP contribution is 2.60. The Bertz CT molecular complexity index is 1210. The van der Waals surface area contributed by atoms with Crippen LogP contribution in [0.25, 0.3) is 0 Å². The van der Waals surface area contributed by atoms with E-state index in [1.165, 1.54) is 16.8 Å². The largest absolute Gasteiger partial charge is 0.508 e. The summed E-state index contributed by atoms with van der Waals surface area (Å²) in [4.78, 5) is 13.0. The Morgan fingerprint density at radius 3 is 3.03 bits per heavy atom. The molecule has 1 fully saturated rings. The first kappa shape index (κ1) is 19.6. The van der Waals surface area contributed by atoms with Crippen LogP contribution in [0.5, 0.6) is 5.75 Å². The lowest BCUT2D eigenvalue weighted by atomic mass is 9.55. The van der Waals surface area contributed by atoms with E-state index in [9.17, 15) is 9.90 Å². The number of nitrogens with zero attached hydrogens (tertiary/aromatic N) is 2. The van der Waals surface area contributed by atoms with Crippen molar-refractivity contribution in [1.29, 1.82) is 0 Å². The molecule has 0 spiro atoms. The third kappa shape index (κ3) is 2.78. The van der Waals surface area contributed by atoms with Gasteiger partial charge in [0.15, 0.2) is 5.69 Å². The number of aromatic hydroxyl groups is 1. The van der Waals surface area contributed by atoms with Gasteiger partial charge in [-0.25, -0.2) is 0 Å². The van der Waals surface area contributed by atoms with Gasteiger partial charge in [0.2, 0.25) is 0 Å². The lowest BCUT2D eigenvalue weighted by Crippen LogP contribution is -2.43. The number of benzene rings is 1. The fourth-order valence-corrected chi connectivity index (χ4v) is 6.95. The third-order valence-electron chi connectivity index (χ3n) is 8.66. The molecular weight excluding hydrogens is 400 g/mol. The molecule has 3 N–H and O–H groups in total. The second-order valence-corrected chi connectivity index (χ2v) is 10.2. The lowest BCUT2D eigenvalue weighted by molar-refractivity contribution is 0.0936. The van der Waals surface area contributed by atoms with Gasteiger partial charge in [0.25, 0.3) is 5.91 Å². The smallest absolute Gasteiger partial charge is 0.272 e. The highest BCUT2D eigenvalue weighted by molar-refractivity contribution is 5.94. The average Bonchev–Trinajstić information content (AvgIpc) is 3.46. The van der Waals surface area contributed by atoms with Crippen LogP contribution in [0.1, 0.15) is 70.7 Å². The van der Waals surface area contributed by atoms with Crippen molar-refractivity contribution in [2.75, 3.05) is 0 Å². The zero-order chi connectivity index (χ0) is 22.0. The SMILES string of the molecule is Cn1cccc1CNC(=O)c1n[nH]c2c1C[C@H]1[C@@H]3CCc4cc(O)ccc4[C@H]3CC[C@]21C. The number of aromatic amines is 1. The van der Waals surface area contributed by atoms with Crippen LogP contribution in [0.2, 0.25) is 0 Å². The number of phenolic OH excluding ortho intramolecular Hbond substituents is 1. The number of hydrogen-bond acceptors (Lipinski definition) is 3. The summed E-state index contributed by atoms with van der Waals surface area (Å²) in [5, 5.41) is 20.7. The van der Waals surface area contributed by atoms with Crippen molar-refractivity contribution in [1.82, 2.24) is 20.1 Å². The van der Waals surface area contributed by atoms with Gasteiger partial charge in [-0.05, 0) is 85.3 Å². The van der Waals surface area contributed by atoms with Crippen LogP contribution >= 0.6 is 0 Å². The normalized spacial score (nSPS) is 27.9. The van der Waals surface area contributed by atoms with Gasteiger partial charge >= 0.3 is 0 Å². The standard InChI is InChI=1S/C26H30N4O2/c1-26-10-9-19-18-8-6-17(31)12-15(18)5-7-20(19)22(26)13-21-23(28-29-24(21)26)25(32)27-14-16-4-3-11-30(16)2/h3-4,6,8,11-12,19-20,22,31H,5,7,9-10,13-14H2,1-2H3,(H,27,32)(H,28,29)/t19-,20-,22+,26+/m1/s1. The molecule has 0 aliphatic heterocycles. The molecule has 1 aromatic carbocycles. The predicted molar refractivity (Wildman–Crippen MR) is 122 cm³/mol. The van der Waals surface area contributed by atoms with E-state index in [0.29, 0.717) is 35.7 Å². The number of aryl methyl sites for hydroxylation is 2. The van der Waals surface area contributed by atoms with E-state index >= 15 is 0 Å². The Balaban J connectivity index is 1.26. The first-order chi connectivity index (χ1) is 15.5. The monoisotopic (exact) mass is 430 g/mol. The van der Waals surface area contributed by atoms with Crippen LogP contribution in [-0.2, 0) is 31.8 Å². The van der Waals surface area contributed by atoms with E-state index < -0.39 is 0 Å². The summed E-state index contributed by atoms with van der Waals surface area (Å²) in [5.74, 6) is 1.95. The summed E-state index contributed by atoms with van der Waals surface area (Å²) in [6.07, 6.45) is 7.31. The van der Waals surface area contributed by atoms with E-state index in [2.05, 4.69) is 28.5 Å². The molecule has 166 valence electrons. The fraction of sp³-hybridized carbons (Fsp3) is 0.462. The molecule has 0 unspecified atom stereocenters. The second-order valence-electron chi connectivity index (χ2n) is 10.2. The zero-order valence-corrected chi connectivity index (χ0v) is 18.7. The minimum atomic E-state index is -0.0908. The molecule has 3 aliphatic carbocycles. The third-order valence-corrected chi connectivity index (χ3v) is 8.66. The molecule has 32 heavy (non-hydrogen) atoms. The number of fused-ring (bicyclic) bond motifs is 7. The molecule has 3 aromatic rings. The number of aromatic nitrogens is 3. The van der Waals surface area contributed by atoms with Gasteiger partial charge in [0, 0.05) is 35.6 Å². The maximum absolute atomic E-state index is 13.0. The number of hydrogen-bond donors (Lipinski definition) is 3. The highest BCUT2D eigenvalue weighted by atomic mass is 16.3. The maximum Gasteiger partial charge on any atom is 0.272 e. The van der Waals surface area contributed by atoms with Crippen LogP contribution in [0.4, 0.5) is 0 Å². The Morgan fingerprint density at radius 1 is 1.34 bits per heavy atom. The van der Waals surface area contributed by atoms with Crippen molar-refractivity contribution >= 4 is 5.91 Å². The molecule has 1 amide bonds. The first-order valence-corrected chi connectivity index (χ1v) is 11.7. The van der Waals surface area contributed by atoms with Crippen LogP contribution in [0.3, 0.4) is 0 Å². The summed E-state index contributed by atoms with van der Waals surface area (Å²) < 4.78 is 2.02. The number of carbonyl (C=O) groups excluding carboxylic acids is 1. The van der Waals surface area contributed by atoms with Gasteiger partial charge < -0.3 is 15.0 Å². The maximum atomic E-state index is 13.0. The van der Waals surface area contributed by atoms with Gasteiger partial charge in [0.1, 0.15) is 5.75 Å². The summed E-state index contributed by atoms with van der Waals surface area (Å²) in [5.41, 5.74) is 6.74. The van der Waals surface area contributed by atoms with Crippen LogP contribution < -0.4 is 5.32 Å². The number of phenols is 1. The van der Waals surface area contributed by atoms with Crippen LogP contribution in [-0.4, -0.2) is 25.8 Å². The van der Waals surface area contributed by atoms with E-state index in [1.54, 1.807) is 0 Å². The number of rotatable bonds is 3. The molecule has 4 atom stereocenters. The molecule has 3 aliphatic rings. The van der Waals surface area contributed by atoms with Crippen molar-refractivity contribution in [2.24, 2.45) is 18.9 Å². The lowest BCUT2D eigenvalue weighted by Gasteiger charge is -2.49. The van der Waals surface area contributed by atoms with E-state index in [0.717, 1.165) is 43.4 Å². The van der Waals surface area contributed by atoms with Crippen molar-refractivity contribution in [3.63, 3.8) is 0 Å². The Labute approximate surface area is 188 Å². The quantitative estimate of drug-likeness (QED) is 0.588. The minimum absolute atomic E-state index is 0.0502. The van der Waals surface area contributed by atoms with Crippen molar-refractivity contribution in [3.05, 3.63) is 70.3 Å². The Morgan fingerprint density at radius 2 is 2.22 bits per heavy atom. The van der Waals surface area contributed by atoms with Gasteiger partial charge in [-0.15, -0.1) is 0 Å². The van der Waals surface area contributed by atoms with Crippen molar-refractivity contribution in [2.45, 2.75) is 56.9 Å².